The quantitative estimate of drug-likeness (QED) is 0.370. The Morgan fingerprint density at radius 2 is 1.91 bits per heavy atom. The van der Waals surface area contributed by atoms with Crippen LogP contribution in [0.4, 0.5) is 0 Å². The van der Waals surface area contributed by atoms with Crippen LogP contribution in [0.3, 0.4) is 0 Å². The molecule has 0 aromatic heterocycles. The van der Waals surface area contributed by atoms with Gasteiger partial charge in [0.05, 0.1) is 18.8 Å². The lowest BCUT2D eigenvalue weighted by atomic mass is 9.75. The van der Waals surface area contributed by atoms with Crippen molar-refractivity contribution in [3.63, 3.8) is 0 Å². The molecule has 0 spiro atoms. The van der Waals surface area contributed by atoms with Crippen molar-refractivity contribution in [2.75, 3.05) is 20.5 Å². The van der Waals surface area contributed by atoms with Crippen molar-refractivity contribution in [1.82, 2.24) is 0 Å². The van der Waals surface area contributed by atoms with Crippen LogP contribution >= 0.6 is 27.5 Å². The molecule has 1 aromatic rings. The number of ether oxygens (including phenoxy) is 3. The second-order valence-corrected chi connectivity index (χ2v) is 7.40. The molecular weight excluding hydrogens is 380 g/mol. The Morgan fingerprint density at radius 3 is 2.57 bits per heavy atom. The Balaban J connectivity index is 2.19. The van der Waals surface area contributed by atoms with Gasteiger partial charge in [0, 0.05) is 17.5 Å². The third-order valence-electron chi connectivity index (χ3n) is 5.07. The lowest BCUT2D eigenvalue weighted by molar-refractivity contribution is -0.171. The molecule has 1 aliphatic heterocycles. The molecule has 1 saturated heterocycles. The average Bonchev–Trinajstić information content (AvgIpc) is 2.55. The van der Waals surface area contributed by atoms with E-state index >= 15 is 0 Å². The highest BCUT2D eigenvalue weighted by atomic mass is 79.9. The molecule has 2 unspecified atom stereocenters. The van der Waals surface area contributed by atoms with Crippen LogP contribution in [-0.2, 0) is 19.5 Å². The van der Waals surface area contributed by atoms with Crippen LogP contribution in [0.25, 0.3) is 0 Å². The number of benzene rings is 1. The molecule has 2 rings (SSSR count). The Labute approximate surface area is 152 Å². The number of methoxy groups -OCH3 is 1. The first-order chi connectivity index (χ1) is 11.0. The lowest BCUT2D eigenvalue weighted by Gasteiger charge is -2.44. The van der Waals surface area contributed by atoms with E-state index in [0.717, 1.165) is 15.9 Å². The zero-order valence-electron chi connectivity index (χ0n) is 14.2. The molecule has 130 valence electrons. The van der Waals surface area contributed by atoms with E-state index in [2.05, 4.69) is 48.8 Å². The predicted molar refractivity (Wildman–Crippen MR) is 97.0 cm³/mol. The fraction of sp³-hybridized carbons (Fsp3) is 0.667. The Hall–Kier alpha value is -0.130. The first kappa shape index (κ1) is 19.2. The Kier molecular flexibility index (Phi) is 7.36. The zero-order chi connectivity index (χ0) is 17.0. The molecule has 3 nitrogen and oxygen atoms in total. The molecule has 1 fully saturated rings. The highest BCUT2D eigenvalue weighted by molar-refractivity contribution is 9.08. The Bertz CT molecular complexity index is 511. The van der Waals surface area contributed by atoms with E-state index in [1.54, 1.807) is 7.11 Å². The minimum absolute atomic E-state index is 0.0624. The molecule has 23 heavy (non-hydrogen) atoms. The highest BCUT2D eigenvalue weighted by Gasteiger charge is 2.39. The summed E-state index contributed by atoms with van der Waals surface area (Å²) in [6.45, 7) is 7.66. The molecule has 1 aliphatic rings. The van der Waals surface area contributed by atoms with Crippen molar-refractivity contribution in [1.29, 1.82) is 0 Å². The number of hydrogen-bond donors (Lipinski definition) is 0. The topological polar surface area (TPSA) is 27.7 Å². The van der Waals surface area contributed by atoms with Crippen molar-refractivity contribution in [2.45, 2.75) is 38.3 Å². The molecule has 0 N–H and O–H groups in total. The highest BCUT2D eigenvalue weighted by Crippen LogP contribution is 2.43. The van der Waals surface area contributed by atoms with Gasteiger partial charge in [-0.1, -0.05) is 60.4 Å². The van der Waals surface area contributed by atoms with Gasteiger partial charge in [0.1, 0.15) is 6.79 Å². The Morgan fingerprint density at radius 1 is 1.17 bits per heavy atom. The molecule has 0 saturated carbocycles. The standard InChI is InChI=1S/C18H26BrClO3/c1-11-12(2)17(9-22-10-21-4)23-18(13(11)3)14-5-6-16(20)15(7-14)8-19/h5-7,11-13,17-18H,8-10H2,1-4H3/t11-,12-,13?,17?,18+/m0/s1. The van der Waals surface area contributed by atoms with Gasteiger partial charge in [-0.3, -0.25) is 0 Å². The summed E-state index contributed by atoms with van der Waals surface area (Å²) in [6, 6.07) is 6.18. The summed E-state index contributed by atoms with van der Waals surface area (Å²) < 4.78 is 16.9. The SMILES string of the molecule is COCOCC1O[C@@H](c2ccc(Cl)c(CBr)c2)C(C)[C@@H](C)[C@@H]1C. The largest absolute Gasteiger partial charge is 0.367 e. The fourth-order valence-electron chi connectivity index (χ4n) is 3.22. The second-order valence-electron chi connectivity index (χ2n) is 6.43. The number of rotatable bonds is 6. The molecule has 0 bridgehead atoms. The minimum Gasteiger partial charge on any atom is -0.367 e. The van der Waals surface area contributed by atoms with E-state index < -0.39 is 0 Å². The molecule has 0 aliphatic carbocycles. The van der Waals surface area contributed by atoms with E-state index in [4.69, 9.17) is 25.8 Å². The lowest BCUT2D eigenvalue weighted by Crippen LogP contribution is -2.43. The number of halogens is 2. The maximum Gasteiger partial charge on any atom is 0.146 e. The third-order valence-corrected chi connectivity index (χ3v) is 6.04. The van der Waals surface area contributed by atoms with E-state index in [-0.39, 0.29) is 12.2 Å². The van der Waals surface area contributed by atoms with Gasteiger partial charge in [-0.15, -0.1) is 0 Å². The molecule has 0 amide bonds. The van der Waals surface area contributed by atoms with Crippen LogP contribution in [0.2, 0.25) is 5.02 Å². The third kappa shape index (κ3) is 4.49. The molecule has 0 radical (unpaired) electrons. The maximum absolute atomic E-state index is 6.41. The summed E-state index contributed by atoms with van der Waals surface area (Å²) in [5, 5.41) is 1.53. The molecule has 5 heteroatoms. The zero-order valence-corrected chi connectivity index (χ0v) is 16.6. The van der Waals surface area contributed by atoms with Crippen LogP contribution in [0.15, 0.2) is 18.2 Å². The minimum atomic E-state index is 0.0624. The van der Waals surface area contributed by atoms with Gasteiger partial charge < -0.3 is 14.2 Å². The van der Waals surface area contributed by atoms with Crippen molar-refractivity contribution >= 4 is 27.5 Å². The molecular formula is C18H26BrClO3. The maximum atomic E-state index is 6.41. The van der Waals surface area contributed by atoms with Crippen molar-refractivity contribution in [3.8, 4) is 0 Å². The van der Waals surface area contributed by atoms with Gasteiger partial charge in [-0.05, 0) is 34.9 Å². The van der Waals surface area contributed by atoms with Gasteiger partial charge in [0.2, 0.25) is 0 Å². The van der Waals surface area contributed by atoms with Crippen LogP contribution in [0.5, 0.6) is 0 Å². The number of alkyl halides is 1. The summed E-state index contributed by atoms with van der Waals surface area (Å²) >= 11 is 9.73. The van der Waals surface area contributed by atoms with Crippen LogP contribution in [0, 0.1) is 17.8 Å². The molecule has 1 heterocycles. The van der Waals surface area contributed by atoms with Crippen LogP contribution < -0.4 is 0 Å². The summed E-state index contributed by atoms with van der Waals surface area (Å²) in [4.78, 5) is 0. The van der Waals surface area contributed by atoms with Crippen molar-refractivity contribution in [3.05, 3.63) is 34.3 Å². The van der Waals surface area contributed by atoms with Gasteiger partial charge in [0.15, 0.2) is 0 Å². The van der Waals surface area contributed by atoms with E-state index in [1.807, 2.05) is 6.07 Å². The van der Waals surface area contributed by atoms with Gasteiger partial charge >= 0.3 is 0 Å². The van der Waals surface area contributed by atoms with E-state index in [9.17, 15) is 0 Å². The average molecular weight is 406 g/mol. The normalized spacial score (nSPS) is 31.3. The fourth-order valence-corrected chi connectivity index (χ4v) is 4.03. The van der Waals surface area contributed by atoms with E-state index in [1.165, 1.54) is 5.56 Å². The number of hydrogen-bond acceptors (Lipinski definition) is 3. The van der Waals surface area contributed by atoms with E-state index in [0.29, 0.717) is 31.2 Å². The monoisotopic (exact) mass is 404 g/mol. The predicted octanol–water partition coefficient (Wildman–Crippen LogP) is 5.20. The van der Waals surface area contributed by atoms with Crippen molar-refractivity contribution < 1.29 is 14.2 Å². The van der Waals surface area contributed by atoms with Gasteiger partial charge in [-0.25, -0.2) is 0 Å². The summed E-state index contributed by atoms with van der Waals surface area (Å²) in [5.41, 5.74) is 2.28. The van der Waals surface area contributed by atoms with Gasteiger partial charge in [-0.2, -0.15) is 0 Å². The van der Waals surface area contributed by atoms with Crippen molar-refractivity contribution in [2.24, 2.45) is 17.8 Å². The summed E-state index contributed by atoms with van der Waals surface area (Å²) in [5.74, 6) is 1.43. The van der Waals surface area contributed by atoms with Gasteiger partial charge in [0.25, 0.3) is 0 Å². The molecule has 1 aromatic carbocycles. The first-order valence-electron chi connectivity index (χ1n) is 8.06. The smallest absolute Gasteiger partial charge is 0.146 e. The summed E-state index contributed by atoms with van der Waals surface area (Å²) in [6.07, 6.45) is 0.136. The molecule has 5 atom stereocenters. The van der Waals surface area contributed by atoms with Crippen LogP contribution in [-0.4, -0.2) is 26.6 Å². The van der Waals surface area contributed by atoms with Crippen LogP contribution in [0.1, 0.15) is 38.0 Å². The first-order valence-corrected chi connectivity index (χ1v) is 9.56. The summed E-state index contributed by atoms with van der Waals surface area (Å²) in [7, 11) is 1.63. The second kappa shape index (κ2) is 8.82.